The number of ether oxygens (including phenoxy) is 1. The number of nitrogens with zero attached hydrogens (tertiary/aromatic N) is 3. The Kier molecular flexibility index (Phi) is 3.01. The van der Waals surface area contributed by atoms with E-state index in [-0.39, 0.29) is 23.4 Å². The van der Waals surface area contributed by atoms with Crippen molar-refractivity contribution in [2.75, 3.05) is 24.7 Å². The van der Waals surface area contributed by atoms with E-state index in [4.69, 9.17) is 9.84 Å². The second kappa shape index (κ2) is 4.72. The molecular weight excluding hydrogens is 280 g/mol. The fraction of sp³-hybridized carbons (Fsp3) is 0.750. The molecule has 1 aromatic heterocycles. The number of morpholine rings is 1. The summed E-state index contributed by atoms with van der Waals surface area (Å²) in [5.41, 5.74) is 0.837. The minimum atomic E-state index is 0.0101. The Morgan fingerprint density at radius 1 is 1.45 bits per heavy atom. The molecule has 1 amide bonds. The number of hydrogen-bond donors (Lipinski definition) is 1. The quantitative estimate of drug-likeness (QED) is 0.856. The van der Waals surface area contributed by atoms with Gasteiger partial charge in [-0.15, -0.1) is 0 Å². The zero-order chi connectivity index (χ0) is 15.5. The van der Waals surface area contributed by atoms with Crippen LogP contribution < -0.4 is 10.2 Å². The van der Waals surface area contributed by atoms with Gasteiger partial charge in [0.15, 0.2) is 5.82 Å². The van der Waals surface area contributed by atoms with E-state index in [0.717, 1.165) is 31.8 Å². The summed E-state index contributed by atoms with van der Waals surface area (Å²) in [6, 6.07) is 2.71. The lowest BCUT2D eigenvalue weighted by Gasteiger charge is -2.35. The Balaban J connectivity index is 1.71. The zero-order valence-electron chi connectivity index (χ0n) is 13.5. The molecule has 1 aromatic rings. The van der Waals surface area contributed by atoms with Gasteiger partial charge in [0.1, 0.15) is 5.69 Å². The van der Waals surface area contributed by atoms with E-state index in [0.29, 0.717) is 18.3 Å². The van der Waals surface area contributed by atoms with Crippen LogP contribution in [0.4, 0.5) is 5.82 Å². The molecule has 120 valence electrons. The summed E-state index contributed by atoms with van der Waals surface area (Å²) >= 11 is 0. The fourth-order valence-corrected chi connectivity index (χ4v) is 4.14. The minimum Gasteiger partial charge on any atom is -0.377 e. The first-order chi connectivity index (χ1) is 10.5. The van der Waals surface area contributed by atoms with Crippen LogP contribution in [0.25, 0.3) is 0 Å². The Hall–Kier alpha value is -1.56. The van der Waals surface area contributed by atoms with Crippen LogP contribution in [0.1, 0.15) is 50.1 Å². The highest BCUT2D eigenvalue weighted by atomic mass is 16.5. The lowest BCUT2D eigenvalue weighted by Crippen LogP contribution is -2.50. The molecule has 0 bridgehead atoms. The molecule has 1 saturated carbocycles. The van der Waals surface area contributed by atoms with E-state index in [1.807, 2.05) is 10.7 Å². The molecule has 1 N–H and O–H groups in total. The van der Waals surface area contributed by atoms with Gasteiger partial charge in [0.2, 0.25) is 0 Å². The Morgan fingerprint density at radius 2 is 2.27 bits per heavy atom. The van der Waals surface area contributed by atoms with Crippen molar-refractivity contribution in [2.24, 2.45) is 5.41 Å². The standard InChI is InChI=1S/C16H24N4O2/c1-10-9-22-7-6-19(10)13-8-12-15(21)17-14-11(20(12)18-13)4-5-16(14,2)3/h8,10-11,14H,4-7,9H2,1-3H3,(H,17,21)/t10-,11-,14-/m1/s1. The maximum absolute atomic E-state index is 12.5. The first-order valence-corrected chi connectivity index (χ1v) is 8.22. The van der Waals surface area contributed by atoms with Gasteiger partial charge in [0, 0.05) is 12.6 Å². The van der Waals surface area contributed by atoms with Crippen LogP contribution in [-0.2, 0) is 4.74 Å². The number of anilines is 1. The highest BCUT2D eigenvalue weighted by Gasteiger charge is 2.48. The summed E-state index contributed by atoms with van der Waals surface area (Å²) in [5, 5.41) is 8.02. The Bertz CT molecular complexity index is 609. The van der Waals surface area contributed by atoms with Crippen molar-refractivity contribution in [1.29, 1.82) is 0 Å². The smallest absolute Gasteiger partial charge is 0.269 e. The van der Waals surface area contributed by atoms with Gasteiger partial charge < -0.3 is 15.0 Å². The third-order valence-corrected chi connectivity index (χ3v) is 5.53. The molecule has 0 radical (unpaired) electrons. The average Bonchev–Trinajstić information content (AvgIpc) is 3.03. The Morgan fingerprint density at radius 3 is 3.05 bits per heavy atom. The molecule has 6 nitrogen and oxygen atoms in total. The lowest BCUT2D eigenvalue weighted by molar-refractivity contribution is 0.0834. The minimum absolute atomic E-state index is 0.0101. The number of fused-ring (bicyclic) bond motifs is 3. The SMILES string of the molecule is C[C@@H]1COCCN1c1cc2n(n1)[C@@H]1CCC(C)(C)[C@@H]1NC2=O. The van der Waals surface area contributed by atoms with Gasteiger partial charge >= 0.3 is 0 Å². The molecule has 4 rings (SSSR count). The van der Waals surface area contributed by atoms with E-state index in [2.05, 4.69) is 31.0 Å². The molecule has 1 saturated heterocycles. The number of aromatic nitrogens is 2. The molecule has 3 atom stereocenters. The van der Waals surface area contributed by atoms with Crippen LogP contribution in [0.5, 0.6) is 0 Å². The summed E-state index contributed by atoms with van der Waals surface area (Å²) < 4.78 is 7.48. The number of nitrogens with one attached hydrogen (secondary N) is 1. The summed E-state index contributed by atoms with van der Waals surface area (Å²) in [6.07, 6.45) is 2.19. The first-order valence-electron chi connectivity index (χ1n) is 8.22. The van der Waals surface area contributed by atoms with E-state index in [1.54, 1.807) is 0 Å². The van der Waals surface area contributed by atoms with Crippen molar-refractivity contribution in [3.05, 3.63) is 11.8 Å². The van der Waals surface area contributed by atoms with Crippen LogP contribution in [-0.4, -0.2) is 47.5 Å². The van der Waals surface area contributed by atoms with Crippen LogP contribution in [0.3, 0.4) is 0 Å². The van der Waals surface area contributed by atoms with Crippen LogP contribution in [0.2, 0.25) is 0 Å². The molecule has 0 spiro atoms. The second-order valence-corrected chi connectivity index (χ2v) is 7.50. The topological polar surface area (TPSA) is 59.4 Å². The van der Waals surface area contributed by atoms with Crippen molar-refractivity contribution in [2.45, 2.75) is 51.7 Å². The van der Waals surface area contributed by atoms with Gasteiger partial charge in [0.25, 0.3) is 5.91 Å². The van der Waals surface area contributed by atoms with Crippen LogP contribution in [0.15, 0.2) is 6.07 Å². The number of carbonyl (C=O) groups excluding carboxylic acids is 1. The van der Waals surface area contributed by atoms with Crippen molar-refractivity contribution in [1.82, 2.24) is 15.1 Å². The largest absolute Gasteiger partial charge is 0.377 e. The molecular formula is C16H24N4O2. The van der Waals surface area contributed by atoms with Crippen molar-refractivity contribution in [3.8, 4) is 0 Å². The summed E-state index contributed by atoms with van der Waals surface area (Å²) in [7, 11) is 0. The maximum Gasteiger partial charge on any atom is 0.269 e. The van der Waals surface area contributed by atoms with Gasteiger partial charge in [-0.05, 0) is 25.2 Å². The molecule has 1 aliphatic carbocycles. The lowest BCUT2D eigenvalue weighted by atomic mass is 9.86. The molecule has 2 aliphatic heterocycles. The summed E-state index contributed by atoms with van der Waals surface area (Å²) in [4.78, 5) is 14.7. The third kappa shape index (κ3) is 1.96. The molecule has 3 aliphatic rings. The number of rotatable bonds is 1. The zero-order valence-corrected chi connectivity index (χ0v) is 13.5. The van der Waals surface area contributed by atoms with Crippen LogP contribution in [0, 0.1) is 5.41 Å². The van der Waals surface area contributed by atoms with Gasteiger partial charge in [-0.3, -0.25) is 9.48 Å². The first kappa shape index (κ1) is 14.1. The number of hydrogen-bond acceptors (Lipinski definition) is 4. The molecule has 6 heteroatoms. The van der Waals surface area contributed by atoms with Gasteiger partial charge in [-0.2, -0.15) is 5.10 Å². The monoisotopic (exact) mass is 304 g/mol. The summed E-state index contributed by atoms with van der Waals surface area (Å²) in [5.74, 6) is 0.919. The normalized spacial score (nSPS) is 33.3. The predicted octanol–water partition coefficient (Wildman–Crippen LogP) is 1.58. The predicted molar refractivity (Wildman–Crippen MR) is 83.2 cm³/mol. The third-order valence-electron chi connectivity index (χ3n) is 5.53. The molecule has 22 heavy (non-hydrogen) atoms. The highest BCUT2D eigenvalue weighted by molar-refractivity contribution is 5.94. The van der Waals surface area contributed by atoms with Gasteiger partial charge in [-0.1, -0.05) is 13.8 Å². The van der Waals surface area contributed by atoms with E-state index in [9.17, 15) is 4.79 Å². The van der Waals surface area contributed by atoms with Gasteiger partial charge in [-0.25, -0.2) is 0 Å². The van der Waals surface area contributed by atoms with Gasteiger partial charge in [0.05, 0.1) is 31.3 Å². The van der Waals surface area contributed by atoms with E-state index in [1.165, 1.54) is 0 Å². The average molecular weight is 304 g/mol. The molecule has 3 heterocycles. The number of carbonyl (C=O) groups is 1. The maximum atomic E-state index is 12.5. The van der Waals surface area contributed by atoms with E-state index >= 15 is 0 Å². The van der Waals surface area contributed by atoms with Crippen molar-refractivity contribution < 1.29 is 9.53 Å². The van der Waals surface area contributed by atoms with Crippen molar-refractivity contribution in [3.63, 3.8) is 0 Å². The van der Waals surface area contributed by atoms with Crippen LogP contribution >= 0.6 is 0 Å². The fourth-order valence-electron chi connectivity index (χ4n) is 4.14. The molecule has 2 fully saturated rings. The number of amides is 1. The molecule has 0 aromatic carbocycles. The highest BCUT2D eigenvalue weighted by Crippen LogP contribution is 2.46. The Labute approximate surface area is 130 Å². The summed E-state index contributed by atoms with van der Waals surface area (Å²) in [6.45, 7) is 8.87. The van der Waals surface area contributed by atoms with Crippen molar-refractivity contribution >= 4 is 11.7 Å². The second-order valence-electron chi connectivity index (χ2n) is 7.50. The van der Waals surface area contributed by atoms with E-state index < -0.39 is 0 Å². The molecule has 0 unspecified atom stereocenters.